The van der Waals surface area contributed by atoms with Crippen LogP contribution in [0.1, 0.15) is 0 Å². The Hall–Kier alpha value is -2.56. The first-order chi connectivity index (χ1) is 13.4. The number of sulfonamides is 1. The Balaban J connectivity index is 1.61. The van der Waals surface area contributed by atoms with Crippen molar-refractivity contribution in [2.24, 2.45) is 0 Å². The van der Waals surface area contributed by atoms with E-state index in [4.69, 9.17) is 9.47 Å². The van der Waals surface area contributed by atoms with Crippen LogP contribution in [0.2, 0.25) is 0 Å². The van der Waals surface area contributed by atoms with E-state index in [2.05, 4.69) is 4.72 Å². The van der Waals surface area contributed by atoms with Gasteiger partial charge in [-0.15, -0.1) is 11.3 Å². The average molecular weight is 438 g/mol. The normalized spacial score (nSPS) is 13.9. The summed E-state index contributed by atoms with van der Waals surface area (Å²) in [6, 6.07) is 13.7. The summed E-state index contributed by atoms with van der Waals surface area (Å²) in [4.78, 5) is 0.0443. The molecule has 0 spiro atoms. The van der Waals surface area contributed by atoms with Gasteiger partial charge in [0.1, 0.15) is 17.4 Å². The van der Waals surface area contributed by atoms with Crippen molar-refractivity contribution in [1.82, 2.24) is 0 Å². The highest BCUT2D eigenvalue weighted by Gasteiger charge is 2.24. The molecule has 0 fully saturated rings. The predicted molar refractivity (Wildman–Crippen MR) is 104 cm³/mol. The molecule has 28 heavy (non-hydrogen) atoms. The molecule has 0 bridgehead atoms. The maximum atomic E-state index is 12.7. The molecule has 1 N–H and O–H groups in total. The van der Waals surface area contributed by atoms with Gasteiger partial charge in [-0.25, -0.2) is 16.8 Å². The molecule has 7 nitrogen and oxygen atoms in total. The molecule has 3 aromatic rings. The van der Waals surface area contributed by atoms with Crippen LogP contribution in [0.4, 0.5) is 5.69 Å². The molecule has 146 valence electrons. The monoisotopic (exact) mass is 437 g/mol. The van der Waals surface area contributed by atoms with E-state index in [1.54, 1.807) is 30.3 Å². The summed E-state index contributed by atoms with van der Waals surface area (Å²) in [5, 5.41) is 1.32. The molecule has 0 atom stereocenters. The molecule has 0 amide bonds. The molecule has 4 rings (SSSR count). The minimum atomic E-state index is -3.95. The summed E-state index contributed by atoms with van der Waals surface area (Å²) < 4.78 is 63.9. The molecule has 2 aromatic carbocycles. The summed E-state index contributed by atoms with van der Waals surface area (Å²) in [5.74, 6) is 0.992. The summed E-state index contributed by atoms with van der Waals surface area (Å²) in [5.41, 5.74) is 0.296. The van der Waals surface area contributed by atoms with Crippen LogP contribution in [0.15, 0.2) is 74.0 Å². The first kappa shape index (κ1) is 18.8. The number of anilines is 1. The third kappa shape index (κ3) is 3.58. The molecule has 10 heteroatoms. The molecule has 0 radical (unpaired) electrons. The van der Waals surface area contributed by atoms with E-state index in [0.29, 0.717) is 30.4 Å². The van der Waals surface area contributed by atoms with Crippen molar-refractivity contribution in [1.29, 1.82) is 0 Å². The number of benzene rings is 2. The van der Waals surface area contributed by atoms with E-state index in [-0.39, 0.29) is 14.0 Å². The Morgan fingerprint density at radius 1 is 0.821 bits per heavy atom. The second-order valence-electron chi connectivity index (χ2n) is 5.88. The Morgan fingerprint density at radius 3 is 2.29 bits per heavy atom. The number of fused-ring (bicyclic) bond motifs is 1. The first-order valence-electron chi connectivity index (χ1n) is 8.17. The molecule has 0 saturated carbocycles. The third-order valence-corrected chi connectivity index (χ3v) is 8.69. The fourth-order valence-electron chi connectivity index (χ4n) is 2.63. The molecule has 2 heterocycles. The van der Waals surface area contributed by atoms with Gasteiger partial charge in [-0.3, -0.25) is 4.72 Å². The predicted octanol–water partition coefficient (Wildman–Crippen LogP) is 3.15. The number of ether oxygens (including phenoxy) is 2. The lowest BCUT2D eigenvalue weighted by atomic mass is 10.3. The lowest BCUT2D eigenvalue weighted by molar-refractivity contribution is 0.171. The van der Waals surface area contributed by atoms with Crippen molar-refractivity contribution in [3.05, 3.63) is 60.0 Å². The van der Waals surface area contributed by atoms with Crippen molar-refractivity contribution in [2.45, 2.75) is 14.0 Å². The highest BCUT2D eigenvalue weighted by Crippen LogP contribution is 2.34. The van der Waals surface area contributed by atoms with E-state index < -0.39 is 19.9 Å². The molecule has 0 saturated heterocycles. The van der Waals surface area contributed by atoms with Crippen molar-refractivity contribution in [3.8, 4) is 11.5 Å². The van der Waals surface area contributed by atoms with Gasteiger partial charge < -0.3 is 9.47 Å². The molecular formula is C18H15NO6S3. The highest BCUT2D eigenvalue weighted by atomic mass is 32.2. The van der Waals surface area contributed by atoms with Crippen molar-refractivity contribution in [2.75, 3.05) is 17.9 Å². The lowest BCUT2D eigenvalue weighted by Crippen LogP contribution is -2.16. The van der Waals surface area contributed by atoms with Crippen LogP contribution < -0.4 is 14.2 Å². The van der Waals surface area contributed by atoms with E-state index >= 15 is 0 Å². The number of sulfone groups is 1. The zero-order chi connectivity index (χ0) is 19.8. The first-order valence-corrected chi connectivity index (χ1v) is 12.0. The Labute approximate surface area is 166 Å². The number of thiophene rings is 1. The summed E-state index contributed by atoms with van der Waals surface area (Å²) in [6.07, 6.45) is 0. The van der Waals surface area contributed by atoms with Crippen LogP contribution in [0.3, 0.4) is 0 Å². The lowest BCUT2D eigenvalue weighted by Gasteiger charge is -2.19. The summed E-state index contributed by atoms with van der Waals surface area (Å²) >= 11 is 0.840. The highest BCUT2D eigenvalue weighted by molar-refractivity contribution is 7.95. The standard InChI is InChI=1S/C18H15NO6S3/c20-27(21,14-4-2-1-3-5-14)15-11-18(26-12-15)28(22,23)19-13-6-7-16-17(10-13)25-9-8-24-16/h1-7,10-12,19H,8-9H2. The number of rotatable bonds is 5. The van der Waals surface area contributed by atoms with E-state index in [1.807, 2.05) is 0 Å². The van der Waals surface area contributed by atoms with Gasteiger partial charge in [-0.1, -0.05) is 18.2 Å². The second kappa shape index (κ2) is 7.12. The largest absolute Gasteiger partial charge is 0.486 e. The smallest absolute Gasteiger partial charge is 0.271 e. The number of hydrogen-bond acceptors (Lipinski definition) is 7. The Morgan fingerprint density at radius 2 is 1.54 bits per heavy atom. The Bertz CT molecular complexity index is 1220. The molecule has 1 aromatic heterocycles. The van der Waals surface area contributed by atoms with Crippen LogP contribution in [-0.2, 0) is 19.9 Å². The van der Waals surface area contributed by atoms with Crippen LogP contribution >= 0.6 is 11.3 Å². The van der Waals surface area contributed by atoms with Crippen LogP contribution in [0, 0.1) is 0 Å². The molecular weight excluding hydrogens is 422 g/mol. The van der Waals surface area contributed by atoms with Gasteiger partial charge >= 0.3 is 0 Å². The fraction of sp³-hybridized carbons (Fsp3) is 0.111. The van der Waals surface area contributed by atoms with Crippen LogP contribution in [0.5, 0.6) is 11.5 Å². The van der Waals surface area contributed by atoms with Gasteiger partial charge in [0.15, 0.2) is 11.5 Å². The van der Waals surface area contributed by atoms with Crippen molar-refractivity contribution >= 4 is 36.9 Å². The SMILES string of the molecule is O=S(=O)(Nc1ccc2c(c1)OCCO2)c1cc(S(=O)(=O)c2ccccc2)cs1. The van der Waals surface area contributed by atoms with Crippen LogP contribution in [-0.4, -0.2) is 30.0 Å². The number of nitrogens with one attached hydrogen (secondary N) is 1. The third-order valence-electron chi connectivity index (χ3n) is 3.97. The van der Waals surface area contributed by atoms with Gasteiger partial charge in [0.2, 0.25) is 9.84 Å². The van der Waals surface area contributed by atoms with E-state index in [1.165, 1.54) is 23.6 Å². The maximum Gasteiger partial charge on any atom is 0.271 e. The van der Waals surface area contributed by atoms with Gasteiger partial charge in [-0.05, 0) is 30.3 Å². The summed E-state index contributed by atoms with van der Waals surface area (Å²) in [7, 11) is -7.74. The zero-order valence-corrected chi connectivity index (χ0v) is 16.8. The van der Waals surface area contributed by atoms with E-state index in [0.717, 1.165) is 17.4 Å². The second-order valence-corrected chi connectivity index (χ2v) is 10.7. The molecule has 1 aliphatic heterocycles. The van der Waals surface area contributed by atoms with Gasteiger partial charge in [0.05, 0.1) is 15.5 Å². The van der Waals surface area contributed by atoms with Gasteiger partial charge in [0.25, 0.3) is 10.0 Å². The number of hydrogen-bond donors (Lipinski definition) is 1. The van der Waals surface area contributed by atoms with Gasteiger partial charge in [-0.2, -0.15) is 0 Å². The zero-order valence-electron chi connectivity index (χ0n) is 14.4. The minimum Gasteiger partial charge on any atom is -0.486 e. The molecule has 0 aliphatic carbocycles. The topological polar surface area (TPSA) is 98.8 Å². The fourth-order valence-corrected chi connectivity index (χ4v) is 6.58. The quantitative estimate of drug-likeness (QED) is 0.658. The molecule has 0 unspecified atom stereocenters. The Kier molecular flexibility index (Phi) is 4.77. The average Bonchev–Trinajstić information content (AvgIpc) is 3.20. The van der Waals surface area contributed by atoms with E-state index in [9.17, 15) is 16.8 Å². The molecule has 1 aliphatic rings. The van der Waals surface area contributed by atoms with Crippen molar-refractivity contribution < 1.29 is 26.3 Å². The van der Waals surface area contributed by atoms with Crippen molar-refractivity contribution in [3.63, 3.8) is 0 Å². The van der Waals surface area contributed by atoms with Crippen LogP contribution in [0.25, 0.3) is 0 Å². The maximum absolute atomic E-state index is 12.7. The minimum absolute atomic E-state index is 0.0637. The van der Waals surface area contributed by atoms with Gasteiger partial charge in [0, 0.05) is 11.4 Å². The summed E-state index contributed by atoms with van der Waals surface area (Å²) in [6.45, 7) is 0.820.